The first-order chi connectivity index (χ1) is 15.7. The first-order valence-corrected chi connectivity index (χ1v) is 10.9. The van der Waals surface area contributed by atoms with Gasteiger partial charge in [-0.05, 0) is 49.3 Å². The highest BCUT2D eigenvalue weighted by atomic mass is 19.4. The van der Waals surface area contributed by atoms with Crippen molar-refractivity contribution in [1.82, 2.24) is 9.88 Å². The van der Waals surface area contributed by atoms with Crippen LogP contribution in [0.15, 0.2) is 54.7 Å². The number of hydrogen-bond acceptors (Lipinski definition) is 4. The molecule has 1 aromatic carbocycles. The van der Waals surface area contributed by atoms with E-state index >= 15 is 0 Å². The van der Waals surface area contributed by atoms with E-state index in [-0.39, 0.29) is 12.0 Å². The van der Waals surface area contributed by atoms with Gasteiger partial charge in [0.15, 0.2) is 0 Å². The summed E-state index contributed by atoms with van der Waals surface area (Å²) in [6.45, 7) is 2.36. The maximum Gasteiger partial charge on any atom is 0.490 e. The van der Waals surface area contributed by atoms with E-state index in [0.717, 1.165) is 38.5 Å². The van der Waals surface area contributed by atoms with Gasteiger partial charge in [0.2, 0.25) is 0 Å². The Bertz CT molecular complexity index is 905. The van der Waals surface area contributed by atoms with Gasteiger partial charge in [0.25, 0.3) is 5.91 Å². The number of carbonyl (C=O) groups is 2. The number of nitrogens with zero attached hydrogens (tertiary/aromatic N) is 2. The van der Waals surface area contributed by atoms with Gasteiger partial charge in [-0.3, -0.25) is 9.78 Å². The summed E-state index contributed by atoms with van der Waals surface area (Å²) in [4.78, 5) is 27.9. The van der Waals surface area contributed by atoms with Gasteiger partial charge in [0.05, 0.1) is 6.10 Å². The summed E-state index contributed by atoms with van der Waals surface area (Å²) in [5.74, 6) is -1.63. The molecule has 4 rings (SSSR count). The monoisotopic (exact) mass is 464 g/mol. The summed E-state index contributed by atoms with van der Waals surface area (Å²) in [5.41, 5.74) is 1.84. The maximum atomic E-state index is 12.8. The number of aromatic nitrogens is 1. The molecule has 1 amide bonds. The van der Waals surface area contributed by atoms with E-state index in [1.165, 1.54) is 18.4 Å². The number of benzene rings is 1. The lowest BCUT2D eigenvalue weighted by atomic mass is 9.88. The molecule has 1 aliphatic carbocycles. The second-order valence-electron chi connectivity index (χ2n) is 8.32. The summed E-state index contributed by atoms with van der Waals surface area (Å²) in [6.07, 6.45) is 1.30. The Morgan fingerprint density at radius 2 is 1.73 bits per heavy atom. The van der Waals surface area contributed by atoms with Crippen LogP contribution < -0.4 is 0 Å². The van der Waals surface area contributed by atoms with Crippen LogP contribution >= 0.6 is 0 Å². The fourth-order valence-corrected chi connectivity index (χ4v) is 3.72. The van der Waals surface area contributed by atoms with Crippen molar-refractivity contribution in [1.29, 1.82) is 0 Å². The van der Waals surface area contributed by atoms with Crippen molar-refractivity contribution in [2.45, 2.75) is 38.0 Å². The minimum atomic E-state index is -5.08. The smallest absolute Gasteiger partial charge is 0.475 e. The highest BCUT2D eigenvalue weighted by molar-refractivity contribution is 5.92. The molecule has 1 aliphatic heterocycles. The Morgan fingerprint density at radius 3 is 2.30 bits per heavy atom. The van der Waals surface area contributed by atoms with E-state index in [2.05, 4.69) is 29.2 Å². The van der Waals surface area contributed by atoms with Crippen molar-refractivity contribution >= 4 is 11.9 Å². The minimum absolute atomic E-state index is 0.0318. The Morgan fingerprint density at radius 1 is 1.06 bits per heavy atom. The predicted octanol–water partition coefficient (Wildman–Crippen LogP) is 4.21. The molecular weight excluding hydrogens is 437 g/mol. The van der Waals surface area contributed by atoms with Crippen molar-refractivity contribution < 1.29 is 32.6 Å². The molecule has 2 aromatic rings. The number of carbonyl (C=O) groups excluding carboxylic acids is 1. The molecule has 33 heavy (non-hydrogen) atoms. The summed E-state index contributed by atoms with van der Waals surface area (Å²) in [5, 5.41) is 7.12. The number of amides is 1. The third-order valence-electron chi connectivity index (χ3n) is 5.66. The number of pyridine rings is 1. The Hall–Kier alpha value is -2.94. The Kier molecular flexibility index (Phi) is 8.43. The molecule has 1 N–H and O–H groups in total. The molecule has 1 saturated carbocycles. The summed E-state index contributed by atoms with van der Waals surface area (Å²) >= 11 is 0. The minimum Gasteiger partial charge on any atom is -0.475 e. The summed E-state index contributed by atoms with van der Waals surface area (Å²) in [6, 6.07) is 16.0. The lowest BCUT2D eigenvalue weighted by Crippen LogP contribution is -2.48. The van der Waals surface area contributed by atoms with Gasteiger partial charge in [0.1, 0.15) is 5.69 Å². The molecule has 0 radical (unpaired) electrons. The van der Waals surface area contributed by atoms with E-state index < -0.39 is 12.1 Å². The van der Waals surface area contributed by atoms with Gasteiger partial charge >= 0.3 is 12.1 Å². The average molecular weight is 464 g/mol. The van der Waals surface area contributed by atoms with Gasteiger partial charge in [-0.1, -0.05) is 36.4 Å². The molecule has 6 nitrogen and oxygen atoms in total. The number of halogens is 3. The Labute approximate surface area is 190 Å². The van der Waals surface area contributed by atoms with Gasteiger partial charge in [0, 0.05) is 31.8 Å². The molecule has 2 heterocycles. The van der Waals surface area contributed by atoms with E-state index in [9.17, 15) is 18.0 Å². The molecule has 9 heteroatoms. The number of aliphatic carboxylic acids is 1. The SMILES string of the molecule is O=C(O)C(F)(F)F.O=C(c1ccccn1)N1CC[C@H](OCC2CC2)[C@@H](Cc2ccccc2)C1. The number of ether oxygens (including phenoxy) is 1. The van der Waals surface area contributed by atoms with Crippen LogP contribution in [-0.4, -0.2) is 58.8 Å². The van der Waals surface area contributed by atoms with E-state index in [0.29, 0.717) is 11.6 Å². The molecule has 178 valence electrons. The predicted molar refractivity (Wildman–Crippen MR) is 115 cm³/mol. The van der Waals surface area contributed by atoms with E-state index in [1.807, 2.05) is 23.1 Å². The lowest BCUT2D eigenvalue weighted by molar-refractivity contribution is -0.192. The van der Waals surface area contributed by atoms with Gasteiger partial charge < -0.3 is 14.7 Å². The second-order valence-corrected chi connectivity index (χ2v) is 8.32. The number of likely N-dealkylation sites (tertiary alicyclic amines) is 1. The largest absolute Gasteiger partial charge is 0.490 e. The van der Waals surface area contributed by atoms with E-state index in [4.69, 9.17) is 14.6 Å². The number of rotatable bonds is 6. The van der Waals surface area contributed by atoms with Gasteiger partial charge in [-0.2, -0.15) is 13.2 Å². The first-order valence-electron chi connectivity index (χ1n) is 10.9. The van der Waals surface area contributed by atoms with Crippen LogP contribution in [0.5, 0.6) is 0 Å². The highest BCUT2D eigenvalue weighted by Crippen LogP contribution is 2.32. The molecule has 1 aromatic heterocycles. The second kappa shape index (κ2) is 11.3. The van der Waals surface area contributed by atoms with Crippen LogP contribution in [-0.2, 0) is 16.0 Å². The fourth-order valence-electron chi connectivity index (χ4n) is 3.72. The topological polar surface area (TPSA) is 79.7 Å². The van der Waals surface area contributed by atoms with Crippen molar-refractivity contribution in [3.8, 4) is 0 Å². The maximum absolute atomic E-state index is 12.8. The number of carboxylic acid groups (broad SMARTS) is 1. The van der Waals surface area contributed by atoms with Crippen LogP contribution in [0.1, 0.15) is 35.3 Å². The van der Waals surface area contributed by atoms with Gasteiger partial charge in [-0.25, -0.2) is 4.79 Å². The molecule has 1 saturated heterocycles. The van der Waals surface area contributed by atoms with Crippen molar-refractivity contribution in [3.05, 3.63) is 66.0 Å². The number of hydrogen-bond donors (Lipinski definition) is 1. The zero-order valence-electron chi connectivity index (χ0n) is 18.1. The first kappa shape index (κ1) is 24.7. The van der Waals surface area contributed by atoms with Crippen LogP contribution in [0.3, 0.4) is 0 Å². The van der Waals surface area contributed by atoms with Crippen LogP contribution in [0.2, 0.25) is 0 Å². The molecule has 0 spiro atoms. The van der Waals surface area contributed by atoms with E-state index in [1.54, 1.807) is 12.3 Å². The summed E-state index contributed by atoms with van der Waals surface area (Å²) in [7, 11) is 0. The fraction of sp³-hybridized carbons (Fsp3) is 0.458. The third kappa shape index (κ3) is 7.85. The van der Waals surface area contributed by atoms with Crippen LogP contribution in [0.4, 0.5) is 13.2 Å². The number of piperidine rings is 1. The van der Waals surface area contributed by atoms with Gasteiger partial charge in [-0.15, -0.1) is 0 Å². The van der Waals surface area contributed by atoms with Crippen molar-refractivity contribution in [3.63, 3.8) is 0 Å². The number of alkyl halides is 3. The zero-order chi connectivity index (χ0) is 23.8. The molecule has 0 unspecified atom stereocenters. The standard InChI is InChI=1S/C22H26N2O2.C2HF3O2/c25-22(20-8-4-5-12-23-20)24-13-11-21(26-16-18-9-10-18)19(15-24)14-17-6-2-1-3-7-17;3-2(4,5)1(6)7/h1-8,12,18-19,21H,9-11,13-16H2;(H,6,7)/t19-,21-;/m0./s1. The van der Waals surface area contributed by atoms with Crippen LogP contribution in [0, 0.1) is 11.8 Å². The van der Waals surface area contributed by atoms with Crippen LogP contribution in [0.25, 0.3) is 0 Å². The normalized spacial score (nSPS) is 20.5. The zero-order valence-corrected chi connectivity index (χ0v) is 18.1. The highest BCUT2D eigenvalue weighted by Gasteiger charge is 2.38. The average Bonchev–Trinajstić information content (AvgIpc) is 3.63. The van der Waals surface area contributed by atoms with Crippen molar-refractivity contribution in [2.24, 2.45) is 11.8 Å². The third-order valence-corrected chi connectivity index (χ3v) is 5.66. The number of carboxylic acids is 1. The van der Waals surface area contributed by atoms with Crippen molar-refractivity contribution in [2.75, 3.05) is 19.7 Å². The molecule has 2 fully saturated rings. The quantitative estimate of drug-likeness (QED) is 0.693. The molecule has 2 atom stereocenters. The molecule has 0 bridgehead atoms. The summed E-state index contributed by atoms with van der Waals surface area (Å²) < 4.78 is 38.0. The molecule has 2 aliphatic rings. The molecular formula is C24H27F3N2O4. The lowest BCUT2D eigenvalue weighted by Gasteiger charge is -2.38. The Balaban J connectivity index is 0.000000383.